The molecule has 9 heteroatoms. The van der Waals surface area contributed by atoms with E-state index in [1.807, 2.05) is 23.6 Å². The number of nitrogens with one attached hydrogen (secondary N) is 1. The molecule has 0 unspecified atom stereocenters. The zero-order valence-electron chi connectivity index (χ0n) is 14.6. The number of thioether (sulfide) groups is 1. The SMILES string of the molecule is COc1ccc(Br)cc1-c1nc(CSc2n[nH]c(-c3ccccc3F)n2)cs1. The molecule has 5 nitrogen and oxygen atoms in total. The van der Waals surface area contributed by atoms with E-state index in [9.17, 15) is 4.39 Å². The third-order valence-corrected chi connectivity index (χ3v) is 6.19. The highest BCUT2D eigenvalue weighted by atomic mass is 79.9. The van der Waals surface area contributed by atoms with Crippen molar-refractivity contribution >= 4 is 39.0 Å². The van der Waals surface area contributed by atoms with Crippen LogP contribution in [0.5, 0.6) is 5.75 Å². The Balaban J connectivity index is 1.47. The molecule has 0 saturated carbocycles. The Kier molecular flexibility index (Phi) is 5.74. The molecule has 1 N–H and O–H groups in total. The van der Waals surface area contributed by atoms with Gasteiger partial charge < -0.3 is 4.74 Å². The van der Waals surface area contributed by atoms with E-state index < -0.39 is 0 Å². The molecule has 0 aliphatic heterocycles. The first-order valence-corrected chi connectivity index (χ1v) is 10.9. The van der Waals surface area contributed by atoms with Crippen LogP contribution in [0.25, 0.3) is 22.0 Å². The predicted molar refractivity (Wildman–Crippen MR) is 113 cm³/mol. The van der Waals surface area contributed by atoms with Gasteiger partial charge in [0.2, 0.25) is 5.16 Å². The Labute approximate surface area is 177 Å². The Morgan fingerprint density at radius 1 is 1.18 bits per heavy atom. The number of hydrogen-bond acceptors (Lipinski definition) is 6. The van der Waals surface area contributed by atoms with Crippen LogP contribution >= 0.6 is 39.0 Å². The lowest BCUT2D eigenvalue weighted by Gasteiger charge is -2.06. The molecule has 2 aromatic carbocycles. The van der Waals surface area contributed by atoms with Gasteiger partial charge in [-0.1, -0.05) is 39.8 Å². The zero-order chi connectivity index (χ0) is 19.5. The maximum Gasteiger partial charge on any atom is 0.209 e. The van der Waals surface area contributed by atoms with Gasteiger partial charge in [0.05, 0.1) is 23.9 Å². The summed E-state index contributed by atoms with van der Waals surface area (Å²) in [6, 6.07) is 12.3. The monoisotopic (exact) mass is 476 g/mol. The standard InChI is InChI=1S/C19H14BrFN4OS2/c1-26-16-7-6-11(20)8-14(16)18-22-12(9-27-18)10-28-19-23-17(24-25-19)13-4-2-3-5-15(13)21/h2-9H,10H2,1H3,(H,23,24,25). The number of thiazole rings is 1. The first-order chi connectivity index (χ1) is 13.6. The molecule has 0 bridgehead atoms. The molecule has 0 aliphatic carbocycles. The molecule has 2 aromatic heterocycles. The summed E-state index contributed by atoms with van der Waals surface area (Å²) in [5.41, 5.74) is 2.27. The van der Waals surface area contributed by atoms with E-state index in [0.29, 0.717) is 22.3 Å². The molecule has 28 heavy (non-hydrogen) atoms. The summed E-state index contributed by atoms with van der Waals surface area (Å²) >= 11 is 6.49. The molecule has 0 amide bonds. The van der Waals surface area contributed by atoms with E-state index >= 15 is 0 Å². The maximum absolute atomic E-state index is 13.9. The van der Waals surface area contributed by atoms with Gasteiger partial charge in [-0.25, -0.2) is 14.4 Å². The van der Waals surface area contributed by atoms with Crippen LogP contribution in [-0.2, 0) is 5.75 Å². The highest BCUT2D eigenvalue weighted by molar-refractivity contribution is 9.10. The first-order valence-electron chi connectivity index (χ1n) is 8.22. The molecular formula is C19H14BrFN4OS2. The fourth-order valence-electron chi connectivity index (χ4n) is 2.57. The molecule has 4 aromatic rings. The van der Waals surface area contributed by atoms with Gasteiger partial charge >= 0.3 is 0 Å². The number of hydrogen-bond donors (Lipinski definition) is 1. The smallest absolute Gasteiger partial charge is 0.209 e. The fraction of sp³-hybridized carbons (Fsp3) is 0.105. The van der Waals surface area contributed by atoms with Crippen molar-refractivity contribution in [2.24, 2.45) is 0 Å². The summed E-state index contributed by atoms with van der Waals surface area (Å²) in [6.07, 6.45) is 0. The largest absolute Gasteiger partial charge is 0.496 e. The van der Waals surface area contributed by atoms with E-state index in [2.05, 4.69) is 31.1 Å². The van der Waals surface area contributed by atoms with Crippen LogP contribution in [0, 0.1) is 5.82 Å². The van der Waals surface area contributed by atoms with Gasteiger partial charge in [-0.05, 0) is 30.3 Å². The van der Waals surface area contributed by atoms with Crippen LogP contribution in [0.3, 0.4) is 0 Å². The summed E-state index contributed by atoms with van der Waals surface area (Å²) in [4.78, 5) is 9.06. The van der Waals surface area contributed by atoms with Crippen LogP contribution in [0.1, 0.15) is 5.69 Å². The van der Waals surface area contributed by atoms with Gasteiger partial charge in [0.15, 0.2) is 5.82 Å². The normalized spacial score (nSPS) is 11.0. The van der Waals surface area contributed by atoms with Crippen LogP contribution in [0.15, 0.2) is 57.5 Å². The molecule has 142 valence electrons. The number of rotatable bonds is 6. The van der Waals surface area contributed by atoms with Crippen LogP contribution in [0.2, 0.25) is 0 Å². The second kappa shape index (κ2) is 8.42. The minimum atomic E-state index is -0.331. The molecule has 0 spiro atoms. The maximum atomic E-state index is 13.9. The van der Waals surface area contributed by atoms with E-state index in [-0.39, 0.29) is 5.82 Å². The molecule has 0 aliphatic rings. The first kappa shape index (κ1) is 19.1. The van der Waals surface area contributed by atoms with Crippen molar-refractivity contribution in [3.63, 3.8) is 0 Å². The minimum absolute atomic E-state index is 0.331. The summed E-state index contributed by atoms with van der Waals surface area (Å²) < 4.78 is 20.3. The lowest BCUT2D eigenvalue weighted by Crippen LogP contribution is -1.88. The van der Waals surface area contributed by atoms with E-state index in [4.69, 9.17) is 9.72 Å². The van der Waals surface area contributed by atoms with Crippen molar-refractivity contribution in [3.8, 4) is 27.7 Å². The Morgan fingerprint density at radius 2 is 2.04 bits per heavy atom. The van der Waals surface area contributed by atoms with Gasteiger partial charge in [-0.15, -0.1) is 16.4 Å². The van der Waals surface area contributed by atoms with Gasteiger partial charge in [0.25, 0.3) is 0 Å². The third kappa shape index (κ3) is 4.11. The molecule has 0 atom stereocenters. The second-order valence-corrected chi connectivity index (χ2v) is 8.44. The van der Waals surface area contributed by atoms with Crippen molar-refractivity contribution in [1.82, 2.24) is 20.2 Å². The van der Waals surface area contributed by atoms with Gasteiger partial charge in [-0.3, -0.25) is 5.10 Å². The van der Waals surface area contributed by atoms with E-state index in [0.717, 1.165) is 26.5 Å². The number of methoxy groups -OCH3 is 1. The van der Waals surface area contributed by atoms with Crippen LogP contribution in [0.4, 0.5) is 4.39 Å². The highest BCUT2D eigenvalue weighted by Gasteiger charge is 2.13. The third-order valence-electron chi connectivity index (χ3n) is 3.89. The summed E-state index contributed by atoms with van der Waals surface area (Å²) in [7, 11) is 1.65. The molecular weight excluding hydrogens is 463 g/mol. The minimum Gasteiger partial charge on any atom is -0.496 e. The number of ether oxygens (including phenoxy) is 1. The summed E-state index contributed by atoms with van der Waals surface area (Å²) in [5, 5.41) is 10.4. The lowest BCUT2D eigenvalue weighted by atomic mass is 10.2. The quantitative estimate of drug-likeness (QED) is 0.356. The van der Waals surface area contributed by atoms with E-state index in [1.54, 1.807) is 36.6 Å². The molecule has 4 rings (SSSR count). The molecule has 0 fully saturated rings. The lowest BCUT2D eigenvalue weighted by molar-refractivity contribution is 0.416. The van der Waals surface area contributed by atoms with Gasteiger partial charge in [0, 0.05) is 15.6 Å². The van der Waals surface area contributed by atoms with E-state index in [1.165, 1.54) is 17.8 Å². The Hall–Kier alpha value is -2.23. The Bertz CT molecular complexity index is 1110. The van der Waals surface area contributed by atoms with Crippen molar-refractivity contribution in [2.75, 3.05) is 7.11 Å². The average Bonchev–Trinajstić information content (AvgIpc) is 3.36. The average molecular weight is 477 g/mol. The Morgan fingerprint density at radius 3 is 2.86 bits per heavy atom. The zero-order valence-corrected chi connectivity index (χ0v) is 17.9. The fourth-order valence-corrected chi connectivity index (χ4v) is 4.57. The topological polar surface area (TPSA) is 63.7 Å². The van der Waals surface area contributed by atoms with Crippen LogP contribution in [-0.4, -0.2) is 27.3 Å². The van der Waals surface area contributed by atoms with Crippen molar-refractivity contribution in [2.45, 2.75) is 10.9 Å². The van der Waals surface area contributed by atoms with Crippen LogP contribution < -0.4 is 4.74 Å². The number of aromatic nitrogens is 4. The number of H-pyrrole nitrogens is 1. The van der Waals surface area contributed by atoms with Crippen molar-refractivity contribution < 1.29 is 9.13 Å². The van der Waals surface area contributed by atoms with Gasteiger partial charge in [0.1, 0.15) is 16.6 Å². The number of nitrogens with zero attached hydrogens (tertiary/aromatic N) is 3. The van der Waals surface area contributed by atoms with Gasteiger partial charge in [-0.2, -0.15) is 0 Å². The molecule has 2 heterocycles. The molecule has 0 saturated heterocycles. The molecule has 0 radical (unpaired) electrons. The summed E-state index contributed by atoms with van der Waals surface area (Å²) in [5.74, 6) is 1.47. The van der Waals surface area contributed by atoms with Crippen molar-refractivity contribution in [1.29, 1.82) is 0 Å². The highest BCUT2D eigenvalue weighted by Crippen LogP contribution is 2.35. The number of halogens is 2. The number of aromatic amines is 1. The second-order valence-electron chi connectivity index (χ2n) is 5.72. The predicted octanol–water partition coefficient (Wildman–Crippen LogP) is 5.80. The van der Waals surface area contributed by atoms with Crippen molar-refractivity contribution in [3.05, 3.63) is 63.8 Å². The number of benzene rings is 2. The summed E-state index contributed by atoms with van der Waals surface area (Å²) in [6.45, 7) is 0.